The van der Waals surface area contributed by atoms with Crippen LogP contribution in [0.15, 0.2) is 18.2 Å². The minimum Gasteiger partial charge on any atom is -0.481 e. The molecule has 4 nitrogen and oxygen atoms in total. The van der Waals surface area contributed by atoms with Crippen LogP contribution in [-0.2, 0) is 9.53 Å². The number of nitrogens with zero attached hydrogens (tertiary/aromatic N) is 1. The molecule has 0 bridgehead atoms. The second-order valence-corrected chi connectivity index (χ2v) is 6.01. The summed E-state index contributed by atoms with van der Waals surface area (Å²) in [5.41, 5.74) is 0.295. The molecular weight excluding hydrogens is 292 g/mol. The monoisotopic (exact) mass is 311 g/mol. The molecule has 3 rings (SSSR count). The van der Waals surface area contributed by atoms with Gasteiger partial charge in [-0.3, -0.25) is 9.69 Å². The molecule has 0 saturated carbocycles. The van der Waals surface area contributed by atoms with Gasteiger partial charge >= 0.3 is 5.97 Å². The third-order valence-corrected chi connectivity index (χ3v) is 4.73. The van der Waals surface area contributed by atoms with Crippen LogP contribution in [-0.4, -0.2) is 48.3 Å². The van der Waals surface area contributed by atoms with Gasteiger partial charge in [0.25, 0.3) is 0 Å². The number of hydrogen-bond donors (Lipinski definition) is 1. The molecule has 2 saturated heterocycles. The van der Waals surface area contributed by atoms with Crippen LogP contribution >= 0.6 is 0 Å². The molecule has 0 aromatic heterocycles. The molecule has 1 N–H and O–H groups in total. The van der Waals surface area contributed by atoms with Crippen molar-refractivity contribution in [1.82, 2.24) is 4.90 Å². The molecule has 2 aliphatic rings. The lowest BCUT2D eigenvalue weighted by molar-refractivity contribution is -0.141. The van der Waals surface area contributed by atoms with E-state index in [-0.39, 0.29) is 6.04 Å². The number of carboxylic acids is 1. The van der Waals surface area contributed by atoms with Gasteiger partial charge in [0, 0.05) is 44.3 Å². The molecule has 0 amide bonds. The number of halogens is 2. The topological polar surface area (TPSA) is 49.8 Å². The van der Waals surface area contributed by atoms with Gasteiger partial charge in [-0.2, -0.15) is 0 Å². The van der Waals surface area contributed by atoms with Crippen molar-refractivity contribution in [2.75, 3.05) is 26.3 Å². The van der Waals surface area contributed by atoms with E-state index >= 15 is 0 Å². The molecule has 2 atom stereocenters. The Morgan fingerprint density at radius 2 is 1.95 bits per heavy atom. The molecule has 2 aliphatic heterocycles. The summed E-state index contributed by atoms with van der Waals surface area (Å²) < 4.78 is 32.4. The second-order valence-electron chi connectivity index (χ2n) is 6.01. The van der Waals surface area contributed by atoms with Gasteiger partial charge in [-0.1, -0.05) is 6.07 Å². The molecule has 6 heteroatoms. The molecular formula is C16H19F2NO3. The number of aliphatic carboxylic acids is 1. The van der Waals surface area contributed by atoms with E-state index in [4.69, 9.17) is 4.74 Å². The first kappa shape index (κ1) is 15.4. The van der Waals surface area contributed by atoms with Gasteiger partial charge < -0.3 is 9.84 Å². The highest BCUT2D eigenvalue weighted by Gasteiger charge is 2.42. The minimum atomic E-state index is -0.928. The summed E-state index contributed by atoms with van der Waals surface area (Å²) in [6.45, 7) is 2.24. The van der Waals surface area contributed by atoms with Gasteiger partial charge in [-0.15, -0.1) is 0 Å². The molecule has 2 fully saturated rings. The SMILES string of the molecule is O=C(O)C1CN(C2CCOCC2)CC1c1ccc(F)cc1F. The molecule has 120 valence electrons. The number of hydrogen-bond acceptors (Lipinski definition) is 3. The number of carbonyl (C=O) groups is 1. The van der Waals surface area contributed by atoms with E-state index in [1.165, 1.54) is 12.1 Å². The van der Waals surface area contributed by atoms with Crippen LogP contribution in [0.1, 0.15) is 24.3 Å². The van der Waals surface area contributed by atoms with Crippen molar-refractivity contribution >= 4 is 5.97 Å². The summed E-state index contributed by atoms with van der Waals surface area (Å²) in [5, 5.41) is 9.46. The maximum atomic E-state index is 14.0. The van der Waals surface area contributed by atoms with E-state index in [9.17, 15) is 18.7 Å². The molecule has 22 heavy (non-hydrogen) atoms. The second kappa shape index (κ2) is 6.30. The summed E-state index contributed by atoms with van der Waals surface area (Å²) in [4.78, 5) is 13.7. The Bertz CT molecular complexity index is 560. The molecule has 0 radical (unpaired) electrons. The molecule has 0 spiro atoms. The van der Waals surface area contributed by atoms with Gasteiger partial charge in [-0.25, -0.2) is 8.78 Å². The van der Waals surface area contributed by atoms with E-state index in [2.05, 4.69) is 4.90 Å². The Morgan fingerprint density at radius 3 is 2.59 bits per heavy atom. The number of rotatable bonds is 3. The fourth-order valence-corrected chi connectivity index (χ4v) is 3.55. The number of carboxylic acid groups (broad SMARTS) is 1. The van der Waals surface area contributed by atoms with Crippen LogP contribution in [0.3, 0.4) is 0 Å². The summed E-state index contributed by atoms with van der Waals surface area (Å²) in [6, 6.07) is 3.67. The van der Waals surface area contributed by atoms with Gasteiger partial charge in [0.15, 0.2) is 0 Å². The zero-order chi connectivity index (χ0) is 15.7. The maximum absolute atomic E-state index is 14.0. The van der Waals surface area contributed by atoms with E-state index in [1.807, 2.05) is 0 Å². The number of likely N-dealkylation sites (tertiary alicyclic amines) is 1. The van der Waals surface area contributed by atoms with E-state index in [0.717, 1.165) is 18.9 Å². The Kier molecular flexibility index (Phi) is 4.40. The fourth-order valence-electron chi connectivity index (χ4n) is 3.55. The molecule has 1 aromatic carbocycles. The van der Waals surface area contributed by atoms with Crippen molar-refractivity contribution in [2.24, 2.45) is 5.92 Å². The molecule has 0 aliphatic carbocycles. The van der Waals surface area contributed by atoms with E-state index in [1.54, 1.807) is 0 Å². The summed E-state index contributed by atoms with van der Waals surface area (Å²) in [6.07, 6.45) is 1.73. The van der Waals surface area contributed by atoms with Crippen molar-refractivity contribution < 1.29 is 23.4 Å². The summed E-state index contributed by atoms with van der Waals surface area (Å²) in [5.74, 6) is -3.34. The van der Waals surface area contributed by atoms with Crippen LogP contribution in [0.5, 0.6) is 0 Å². The predicted molar refractivity (Wildman–Crippen MR) is 75.6 cm³/mol. The van der Waals surface area contributed by atoms with E-state index < -0.39 is 29.4 Å². The average molecular weight is 311 g/mol. The zero-order valence-corrected chi connectivity index (χ0v) is 12.2. The molecule has 2 heterocycles. The summed E-state index contributed by atoms with van der Waals surface area (Å²) >= 11 is 0. The van der Waals surface area contributed by atoms with Crippen LogP contribution in [0, 0.1) is 17.6 Å². The van der Waals surface area contributed by atoms with E-state index in [0.29, 0.717) is 31.9 Å². The third kappa shape index (κ3) is 2.98. The largest absolute Gasteiger partial charge is 0.481 e. The normalized spacial score (nSPS) is 27.2. The smallest absolute Gasteiger partial charge is 0.308 e. The van der Waals surface area contributed by atoms with Gasteiger partial charge in [0.2, 0.25) is 0 Å². The standard InChI is InChI=1S/C16H19F2NO3/c17-10-1-2-12(15(18)7-10)13-8-19(9-14(13)16(20)21)11-3-5-22-6-4-11/h1-2,7,11,13-14H,3-6,8-9H2,(H,20,21). The van der Waals surface area contributed by atoms with Crippen molar-refractivity contribution in [3.63, 3.8) is 0 Å². The quantitative estimate of drug-likeness (QED) is 0.930. The lowest BCUT2D eigenvalue weighted by atomic mass is 9.88. The first-order valence-electron chi connectivity index (χ1n) is 7.56. The highest BCUT2D eigenvalue weighted by Crippen LogP contribution is 2.36. The van der Waals surface area contributed by atoms with Crippen LogP contribution in [0.2, 0.25) is 0 Å². The first-order valence-corrected chi connectivity index (χ1v) is 7.56. The lowest BCUT2D eigenvalue weighted by Gasteiger charge is -2.31. The first-order chi connectivity index (χ1) is 10.6. The van der Waals surface area contributed by atoms with Crippen molar-refractivity contribution in [2.45, 2.75) is 24.8 Å². The van der Waals surface area contributed by atoms with Gasteiger partial charge in [0.1, 0.15) is 11.6 Å². The Morgan fingerprint density at radius 1 is 1.23 bits per heavy atom. The van der Waals surface area contributed by atoms with Crippen molar-refractivity contribution in [3.05, 3.63) is 35.4 Å². The predicted octanol–water partition coefficient (Wildman–Crippen LogP) is 2.24. The maximum Gasteiger partial charge on any atom is 0.308 e. The van der Waals surface area contributed by atoms with Crippen molar-refractivity contribution in [3.8, 4) is 0 Å². The lowest BCUT2D eigenvalue weighted by Crippen LogP contribution is -2.38. The Balaban J connectivity index is 1.83. The Hall–Kier alpha value is -1.53. The Labute approximate surface area is 127 Å². The molecule has 2 unspecified atom stereocenters. The minimum absolute atomic E-state index is 0.282. The average Bonchev–Trinajstić information content (AvgIpc) is 2.93. The molecule has 1 aromatic rings. The van der Waals surface area contributed by atoms with Gasteiger partial charge in [-0.05, 0) is 24.5 Å². The zero-order valence-electron chi connectivity index (χ0n) is 12.2. The highest BCUT2D eigenvalue weighted by molar-refractivity contribution is 5.72. The number of benzene rings is 1. The highest BCUT2D eigenvalue weighted by atomic mass is 19.1. The van der Waals surface area contributed by atoms with Gasteiger partial charge in [0.05, 0.1) is 5.92 Å². The van der Waals surface area contributed by atoms with Crippen molar-refractivity contribution in [1.29, 1.82) is 0 Å². The van der Waals surface area contributed by atoms with Crippen LogP contribution < -0.4 is 0 Å². The third-order valence-electron chi connectivity index (χ3n) is 4.73. The fraction of sp³-hybridized carbons (Fsp3) is 0.562. The number of ether oxygens (including phenoxy) is 1. The van der Waals surface area contributed by atoms with Crippen LogP contribution in [0.25, 0.3) is 0 Å². The summed E-state index contributed by atoms with van der Waals surface area (Å²) in [7, 11) is 0. The van der Waals surface area contributed by atoms with Crippen LogP contribution in [0.4, 0.5) is 8.78 Å².